The molecule has 132 valence electrons. The van der Waals surface area contributed by atoms with Crippen LogP contribution in [0.1, 0.15) is 0 Å². The van der Waals surface area contributed by atoms with Crippen LogP contribution < -0.4 is 0 Å². The molecule has 0 fully saturated rings. The van der Waals surface area contributed by atoms with Crippen molar-refractivity contribution < 1.29 is 21.1 Å². The first kappa shape index (κ1) is 28.4. The Bertz CT molecular complexity index is 389. The summed E-state index contributed by atoms with van der Waals surface area (Å²) in [6.07, 6.45) is 3.68. The average molecular weight is 456 g/mol. The Morgan fingerprint density at radius 3 is 1.30 bits per heavy atom. The quantitative estimate of drug-likeness (QED) is 0.377. The molecule has 0 aliphatic carbocycles. The zero-order valence-electron chi connectivity index (χ0n) is 16.4. The van der Waals surface area contributed by atoms with Crippen molar-refractivity contribution in [3.63, 3.8) is 0 Å². The summed E-state index contributed by atoms with van der Waals surface area (Å²) >= 11 is 0. The summed E-state index contributed by atoms with van der Waals surface area (Å²) in [5.74, 6) is 0. The van der Waals surface area contributed by atoms with Crippen LogP contribution in [0, 0.1) is 0 Å². The van der Waals surface area contributed by atoms with Gasteiger partial charge in [-0.05, 0) is 40.6 Å². The molecule has 0 bridgehead atoms. The summed E-state index contributed by atoms with van der Waals surface area (Å²) in [6.45, 7) is 20.4. The molecule has 0 saturated carbocycles. The minimum Gasteiger partial charge on any atom is -0.264 e. The van der Waals surface area contributed by atoms with E-state index in [1.165, 1.54) is 10.8 Å². The van der Waals surface area contributed by atoms with Crippen LogP contribution in [0.15, 0.2) is 42.7 Å². The molecule has 0 atom stereocenters. The molecule has 0 spiro atoms. The van der Waals surface area contributed by atoms with Gasteiger partial charge in [-0.25, -0.2) is 0 Å². The number of pyridine rings is 1. The topological polar surface area (TPSA) is 12.9 Å². The second kappa shape index (κ2) is 18.9. The van der Waals surface area contributed by atoms with E-state index in [-0.39, 0.29) is 44.8 Å². The molecule has 0 aliphatic rings. The van der Waals surface area contributed by atoms with Crippen LogP contribution in [0.25, 0.3) is 10.8 Å². The molecule has 1 aromatic heterocycles. The normalized spacial score (nSPS) is 9.04. The minimum absolute atomic E-state index is 0. The molecule has 0 saturated heterocycles. The van der Waals surface area contributed by atoms with Crippen molar-refractivity contribution in [2.24, 2.45) is 0 Å². The average Bonchev–Trinajstić information content (AvgIpc) is 2.37. The Balaban J connectivity index is -0.000000264. The Hall–Kier alpha value is 0.608. The van der Waals surface area contributed by atoms with E-state index in [9.17, 15) is 0 Å². The van der Waals surface area contributed by atoms with E-state index in [0.717, 1.165) is 0 Å². The molecule has 1 heterocycles. The predicted octanol–water partition coefficient (Wildman–Crippen LogP) is 5.50. The van der Waals surface area contributed by atoms with Crippen LogP contribution in [0.5, 0.6) is 0 Å². The van der Waals surface area contributed by atoms with Crippen molar-refractivity contribution in [1.82, 2.24) is 4.98 Å². The fourth-order valence-electron chi connectivity index (χ4n) is 1.03. The molecule has 5 heteroatoms. The van der Waals surface area contributed by atoms with Gasteiger partial charge in [0.05, 0.1) is 0 Å². The Morgan fingerprint density at radius 2 is 0.957 bits per heavy atom. The summed E-state index contributed by atoms with van der Waals surface area (Å²) in [4.78, 5) is 4.01. The molecular formula is C18H37MoNP3+3. The van der Waals surface area contributed by atoms with Crippen LogP contribution in [0.4, 0.5) is 0 Å². The van der Waals surface area contributed by atoms with E-state index in [0.29, 0.717) is 0 Å². The molecule has 2 aromatic rings. The first-order valence-corrected chi connectivity index (χ1v) is 16.8. The van der Waals surface area contributed by atoms with Gasteiger partial charge < -0.3 is 0 Å². The van der Waals surface area contributed by atoms with Gasteiger partial charge in [0.25, 0.3) is 0 Å². The summed E-state index contributed by atoms with van der Waals surface area (Å²) in [6, 6.07) is 10.2. The molecule has 0 unspecified atom stereocenters. The van der Waals surface area contributed by atoms with Crippen molar-refractivity contribution in [1.29, 1.82) is 0 Å². The SMILES string of the molecule is C[PH+](C)C.C[PH+](C)C.C[PH+](C)C.[Mo].c1ccc2cnccc2c1. The third kappa shape index (κ3) is 27.7. The van der Waals surface area contributed by atoms with Crippen LogP contribution in [-0.2, 0) is 21.1 Å². The summed E-state index contributed by atoms with van der Waals surface area (Å²) in [5, 5.41) is 2.45. The molecule has 1 aromatic carbocycles. The van der Waals surface area contributed by atoms with Gasteiger partial charge in [-0.15, -0.1) is 0 Å². The van der Waals surface area contributed by atoms with E-state index < -0.39 is 0 Å². The van der Waals surface area contributed by atoms with Crippen LogP contribution >= 0.6 is 23.8 Å². The first-order valence-electron chi connectivity index (χ1n) is 7.75. The van der Waals surface area contributed by atoms with Gasteiger partial charge in [0, 0.05) is 93.4 Å². The number of fused-ring (bicyclic) bond motifs is 1. The molecule has 2 rings (SSSR count). The number of benzene rings is 1. The van der Waals surface area contributed by atoms with Crippen molar-refractivity contribution in [2.75, 3.05) is 60.0 Å². The zero-order chi connectivity index (χ0) is 17.5. The van der Waals surface area contributed by atoms with Gasteiger partial charge in [0.1, 0.15) is 0 Å². The number of hydrogen-bond acceptors (Lipinski definition) is 1. The number of aromatic nitrogens is 1. The summed E-state index contributed by atoms with van der Waals surface area (Å²) in [7, 11) is 0.361. The molecule has 0 N–H and O–H groups in total. The second-order valence-corrected chi connectivity index (χ2v) is 15.7. The third-order valence-corrected chi connectivity index (χ3v) is 1.55. The third-order valence-electron chi connectivity index (χ3n) is 1.55. The van der Waals surface area contributed by atoms with E-state index >= 15 is 0 Å². The molecule has 0 amide bonds. The maximum atomic E-state index is 4.01. The monoisotopic (exact) mass is 458 g/mol. The fourth-order valence-corrected chi connectivity index (χ4v) is 1.03. The number of rotatable bonds is 0. The predicted molar refractivity (Wildman–Crippen MR) is 120 cm³/mol. The number of nitrogens with zero attached hydrogens (tertiary/aromatic N) is 1. The van der Waals surface area contributed by atoms with Crippen molar-refractivity contribution in [2.45, 2.75) is 0 Å². The minimum atomic E-state index is 0. The molecule has 1 nitrogen and oxygen atoms in total. The Kier molecular flexibility index (Phi) is 23.4. The zero-order valence-corrected chi connectivity index (χ0v) is 21.4. The van der Waals surface area contributed by atoms with Crippen LogP contribution in [0.3, 0.4) is 0 Å². The van der Waals surface area contributed by atoms with Gasteiger partial charge in [0.2, 0.25) is 0 Å². The maximum Gasteiger partial charge on any atom is 0.0461 e. The fraction of sp³-hybridized carbons (Fsp3) is 0.500. The van der Waals surface area contributed by atoms with Gasteiger partial charge in [-0.1, -0.05) is 24.3 Å². The van der Waals surface area contributed by atoms with Crippen molar-refractivity contribution >= 4 is 34.5 Å². The largest absolute Gasteiger partial charge is 0.264 e. The van der Waals surface area contributed by atoms with E-state index in [1.807, 2.05) is 30.6 Å². The smallest absolute Gasteiger partial charge is 0.0461 e. The second-order valence-electron chi connectivity index (χ2n) is 6.72. The van der Waals surface area contributed by atoms with Crippen molar-refractivity contribution in [3.05, 3.63) is 42.7 Å². The maximum absolute atomic E-state index is 4.01. The first-order chi connectivity index (χ1) is 10.2. The van der Waals surface area contributed by atoms with E-state index in [4.69, 9.17) is 0 Å². The molecule has 23 heavy (non-hydrogen) atoms. The van der Waals surface area contributed by atoms with Gasteiger partial charge >= 0.3 is 0 Å². The Labute approximate surface area is 163 Å². The van der Waals surface area contributed by atoms with E-state index in [1.54, 1.807) is 0 Å². The summed E-state index contributed by atoms with van der Waals surface area (Å²) < 4.78 is 0. The van der Waals surface area contributed by atoms with Gasteiger partial charge in [0.15, 0.2) is 0 Å². The van der Waals surface area contributed by atoms with Gasteiger partial charge in [-0.2, -0.15) is 0 Å². The van der Waals surface area contributed by atoms with Crippen LogP contribution in [-0.4, -0.2) is 65.0 Å². The van der Waals surface area contributed by atoms with E-state index in [2.05, 4.69) is 77.1 Å². The van der Waals surface area contributed by atoms with Crippen molar-refractivity contribution in [3.8, 4) is 0 Å². The summed E-state index contributed by atoms with van der Waals surface area (Å²) in [5.41, 5.74) is 0. The molecule has 0 radical (unpaired) electrons. The molecule has 0 aliphatic heterocycles. The Morgan fingerprint density at radius 1 is 0.609 bits per heavy atom. The molecular weight excluding hydrogens is 419 g/mol. The number of hydrogen-bond donors (Lipinski definition) is 0. The standard InChI is InChI=1S/C9H7N.3C3H9P.Mo/c1-2-4-9-7-10-6-5-8(9)3-1;3*1-4(2)3;/h1-7H;3*1-3H3;/p+3. The van der Waals surface area contributed by atoms with Crippen LogP contribution in [0.2, 0.25) is 0 Å². The van der Waals surface area contributed by atoms with Gasteiger partial charge in [-0.3, -0.25) is 4.98 Å².